The monoisotopic (exact) mass is 499 g/mol. The predicted octanol–water partition coefficient (Wildman–Crippen LogP) is 3.79. The minimum atomic E-state index is -0.839. The first-order chi connectivity index (χ1) is 16.7. The van der Waals surface area contributed by atoms with Gasteiger partial charge in [0, 0.05) is 40.8 Å². The van der Waals surface area contributed by atoms with Gasteiger partial charge >= 0.3 is 0 Å². The summed E-state index contributed by atoms with van der Waals surface area (Å²) in [7, 11) is 0. The van der Waals surface area contributed by atoms with E-state index in [0.29, 0.717) is 32.1 Å². The third-order valence-electron chi connectivity index (χ3n) is 6.75. The molecule has 4 N–H and O–H groups in total. The summed E-state index contributed by atoms with van der Waals surface area (Å²) in [6, 6.07) is 10.2. The van der Waals surface area contributed by atoms with Gasteiger partial charge in [0.15, 0.2) is 0 Å². The molecular formula is C28H37NO5S. The van der Waals surface area contributed by atoms with Gasteiger partial charge in [-0.1, -0.05) is 56.4 Å². The molecule has 3 rings (SSSR count). The van der Waals surface area contributed by atoms with Crippen LogP contribution in [-0.4, -0.2) is 52.4 Å². The Morgan fingerprint density at radius 1 is 1.26 bits per heavy atom. The summed E-state index contributed by atoms with van der Waals surface area (Å²) in [6.07, 6.45) is 8.76. The molecule has 1 amide bonds. The van der Waals surface area contributed by atoms with Crippen molar-refractivity contribution in [1.82, 2.24) is 5.32 Å². The molecule has 1 aromatic heterocycles. The van der Waals surface area contributed by atoms with Crippen molar-refractivity contribution in [3.8, 4) is 0 Å². The average Bonchev–Trinajstić information content (AvgIpc) is 3.30. The van der Waals surface area contributed by atoms with Crippen LogP contribution in [0, 0.1) is 17.3 Å². The van der Waals surface area contributed by atoms with Gasteiger partial charge in [0.1, 0.15) is 5.78 Å². The summed E-state index contributed by atoms with van der Waals surface area (Å²) in [4.78, 5) is 25.7. The van der Waals surface area contributed by atoms with Gasteiger partial charge in [0.05, 0.1) is 24.2 Å². The number of hydrogen-bond donors (Lipinski definition) is 4. The maximum absolute atomic E-state index is 13.0. The number of aliphatic hydroxyl groups excluding tert-OH is 3. The number of fused-ring (bicyclic) bond motifs is 1. The summed E-state index contributed by atoms with van der Waals surface area (Å²) < 4.78 is 1.19. The Morgan fingerprint density at radius 3 is 2.77 bits per heavy atom. The van der Waals surface area contributed by atoms with E-state index in [4.69, 9.17) is 5.11 Å². The van der Waals surface area contributed by atoms with Crippen LogP contribution in [0.4, 0.5) is 0 Å². The molecule has 1 unspecified atom stereocenters. The summed E-state index contributed by atoms with van der Waals surface area (Å²) in [5.74, 6) is -0.755. The van der Waals surface area contributed by atoms with Crippen LogP contribution in [0.5, 0.6) is 0 Å². The number of benzene rings is 1. The molecule has 1 aliphatic rings. The van der Waals surface area contributed by atoms with Crippen LogP contribution in [0.15, 0.2) is 54.6 Å². The Balaban J connectivity index is 1.56. The molecule has 1 heterocycles. The van der Waals surface area contributed by atoms with E-state index in [1.807, 2.05) is 30.4 Å². The number of aliphatic hydroxyl groups is 3. The lowest BCUT2D eigenvalue weighted by Crippen LogP contribution is -2.31. The van der Waals surface area contributed by atoms with Gasteiger partial charge in [-0.2, -0.15) is 0 Å². The lowest BCUT2D eigenvalue weighted by molar-refractivity contribution is -0.129. The zero-order valence-corrected chi connectivity index (χ0v) is 21.3. The molecular weight excluding hydrogens is 462 g/mol. The molecule has 1 saturated carbocycles. The van der Waals surface area contributed by atoms with Crippen LogP contribution in [0.1, 0.15) is 44.4 Å². The quantitative estimate of drug-likeness (QED) is 0.263. The van der Waals surface area contributed by atoms with E-state index >= 15 is 0 Å². The van der Waals surface area contributed by atoms with Crippen molar-refractivity contribution in [2.75, 3.05) is 13.2 Å². The van der Waals surface area contributed by atoms with Crippen molar-refractivity contribution in [2.24, 2.45) is 17.3 Å². The summed E-state index contributed by atoms with van der Waals surface area (Å²) in [5.41, 5.74) is -0.839. The third-order valence-corrected chi connectivity index (χ3v) is 7.89. The highest BCUT2D eigenvalue weighted by Gasteiger charge is 2.52. The van der Waals surface area contributed by atoms with Crippen LogP contribution >= 0.6 is 11.3 Å². The predicted molar refractivity (Wildman–Crippen MR) is 140 cm³/mol. The summed E-state index contributed by atoms with van der Waals surface area (Å²) >= 11 is 1.67. The van der Waals surface area contributed by atoms with E-state index in [0.717, 1.165) is 4.88 Å². The Hall–Kier alpha value is -2.32. The second-order valence-corrected chi connectivity index (χ2v) is 11.0. The fraction of sp³-hybridized carbons (Fsp3) is 0.500. The van der Waals surface area contributed by atoms with Crippen LogP contribution < -0.4 is 5.32 Å². The van der Waals surface area contributed by atoms with Crippen molar-refractivity contribution in [3.05, 3.63) is 59.5 Å². The van der Waals surface area contributed by atoms with Crippen molar-refractivity contribution in [1.29, 1.82) is 0 Å². The molecule has 1 aromatic carbocycles. The van der Waals surface area contributed by atoms with Gasteiger partial charge in [-0.05, 0) is 36.8 Å². The number of Topliss-reactive ketones (excluding diaryl/α,β-unsaturated/α-hetero) is 1. The fourth-order valence-electron chi connectivity index (χ4n) is 4.70. The van der Waals surface area contributed by atoms with E-state index in [1.165, 1.54) is 10.1 Å². The summed E-state index contributed by atoms with van der Waals surface area (Å²) in [6.45, 7) is 3.76. The van der Waals surface area contributed by atoms with Gasteiger partial charge in [-0.25, -0.2) is 0 Å². The first-order valence-electron chi connectivity index (χ1n) is 12.3. The molecule has 35 heavy (non-hydrogen) atoms. The van der Waals surface area contributed by atoms with Crippen LogP contribution in [0.3, 0.4) is 0 Å². The van der Waals surface area contributed by atoms with Crippen molar-refractivity contribution in [2.45, 2.75) is 58.2 Å². The molecule has 6 nitrogen and oxygen atoms in total. The van der Waals surface area contributed by atoms with Gasteiger partial charge in [-0.3, -0.25) is 9.59 Å². The number of unbranched alkanes of at least 4 members (excludes halogenated alkanes) is 1. The van der Waals surface area contributed by atoms with Gasteiger partial charge in [-0.15, -0.1) is 11.3 Å². The Morgan fingerprint density at radius 2 is 2.03 bits per heavy atom. The summed E-state index contributed by atoms with van der Waals surface area (Å²) in [5, 5.41) is 34.0. The number of thiophene rings is 1. The molecule has 0 aliphatic heterocycles. The van der Waals surface area contributed by atoms with Gasteiger partial charge < -0.3 is 20.6 Å². The Kier molecular flexibility index (Phi) is 9.80. The van der Waals surface area contributed by atoms with Crippen LogP contribution in [0.25, 0.3) is 10.1 Å². The number of amides is 1. The van der Waals surface area contributed by atoms with E-state index in [-0.39, 0.29) is 36.7 Å². The van der Waals surface area contributed by atoms with Crippen molar-refractivity contribution >= 4 is 33.1 Å². The molecule has 7 heteroatoms. The first-order valence-corrected chi connectivity index (χ1v) is 13.1. The molecule has 1 aliphatic carbocycles. The van der Waals surface area contributed by atoms with Gasteiger partial charge in [0.2, 0.25) is 5.91 Å². The van der Waals surface area contributed by atoms with Crippen molar-refractivity contribution in [3.63, 3.8) is 0 Å². The molecule has 1 fully saturated rings. The molecule has 190 valence electrons. The van der Waals surface area contributed by atoms with Crippen molar-refractivity contribution < 1.29 is 24.9 Å². The zero-order chi connectivity index (χ0) is 25.4. The zero-order valence-electron chi connectivity index (χ0n) is 20.5. The van der Waals surface area contributed by atoms with E-state index in [9.17, 15) is 19.8 Å². The Labute approximate surface area is 211 Å². The highest BCUT2D eigenvalue weighted by atomic mass is 32.1. The average molecular weight is 500 g/mol. The SMILES string of the molecule is CC1(C)C(=O)[C@H](CC=CCCCC(=O)NCCO)[C@@H](C=CC(O)Cc2cc3ccccc3s2)[C@@H]1O. The second kappa shape index (κ2) is 12.6. The lowest BCUT2D eigenvalue weighted by Gasteiger charge is -2.22. The number of rotatable bonds is 12. The van der Waals surface area contributed by atoms with E-state index < -0.39 is 17.6 Å². The number of carbonyl (C=O) groups is 2. The minimum absolute atomic E-state index is 0.0340. The topological polar surface area (TPSA) is 107 Å². The number of nitrogens with one attached hydrogen (secondary N) is 1. The molecule has 0 spiro atoms. The smallest absolute Gasteiger partial charge is 0.220 e. The lowest BCUT2D eigenvalue weighted by atomic mass is 9.86. The number of carbonyl (C=O) groups excluding carboxylic acids is 2. The van der Waals surface area contributed by atoms with E-state index in [2.05, 4.69) is 23.5 Å². The number of allylic oxidation sites excluding steroid dienone is 2. The van der Waals surface area contributed by atoms with Gasteiger partial charge in [0.25, 0.3) is 0 Å². The highest BCUT2D eigenvalue weighted by molar-refractivity contribution is 7.19. The molecule has 2 aromatic rings. The molecule has 0 saturated heterocycles. The first kappa shape index (κ1) is 27.3. The third kappa shape index (κ3) is 7.10. The molecule has 4 atom stereocenters. The minimum Gasteiger partial charge on any atom is -0.395 e. The second-order valence-electron chi connectivity index (χ2n) is 9.79. The number of hydrogen-bond acceptors (Lipinski definition) is 6. The molecule has 0 bridgehead atoms. The highest BCUT2D eigenvalue weighted by Crippen LogP contribution is 2.44. The van der Waals surface area contributed by atoms with Crippen LogP contribution in [0.2, 0.25) is 0 Å². The standard InChI is InChI=1S/C28H37NO5S/c1-28(2)26(33)22(10-5-3-4-6-12-25(32)29-15-16-30)23(27(28)34)14-13-20(31)18-21-17-19-9-7-8-11-24(19)35-21/h3,5,7-9,11,13-14,17,20,22-23,27,30-31,34H,4,6,10,12,15-16,18H2,1-2H3,(H,29,32)/t20?,22-,23-,27+/m1/s1. The fourth-order valence-corrected chi connectivity index (χ4v) is 5.81. The molecule has 0 radical (unpaired) electrons. The maximum atomic E-state index is 13.0. The van der Waals surface area contributed by atoms with Crippen LogP contribution in [-0.2, 0) is 16.0 Å². The largest absolute Gasteiger partial charge is 0.395 e. The normalized spacial score (nSPS) is 23.0. The number of ketones is 1. The maximum Gasteiger partial charge on any atom is 0.220 e. The Bertz CT molecular complexity index is 1020. The van der Waals surface area contributed by atoms with E-state index in [1.54, 1.807) is 31.3 Å².